The Morgan fingerprint density at radius 2 is 1.92 bits per heavy atom. The van der Waals surface area contributed by atoms with Crippen molar-refractivity contribution in [3.8, 4) is 0 Å². The third-order valence-electron chi connectivity index (χ3n) is 10.9. The lowest BCUT2D eigenvalue weighted by molar-refractivity contribution is -0.347. The van der Waals surface area contributed by atoms with Gasteiger partial charge in [0.25, 0.3) is 0 Å². The van der Waals surface area contributed by atoms with Gasteiger partial charge >= 0.3 is 0 Å². The lowest BCUT2D eigenvalue weighted by Gasteiger charge is -2.65. The molecule has 2 saturated heterocycles. The van der Waals surface area contributed by atoms with E-state index in [-0.39, 0.29) is 24.2 Å². The van der Waals surface area contributed by atoms with Gasteiger partial charge in [0.1, 0.15) is 28.5 Å². The third-order valence-corrected chi connectivity index (χ3v) is 10.9. The molecule has 2 aromatic rings. The van der Waals surface area contributed by atoms with Gasteiger partial charge in [-0.3, -0.25) is 0 Å². The number of nitrogens with zero attached hydrogens (tertiary/aromatic N) is 2. The van der Waals surface area contributed by atoms with Crippen LogP contribution in [-0.2, 0) is 4.74 Å². The largest absolute Gasteiger partial charge is 0.443 e. The number of fused-ring (bicyclic) bond motifs is 2. The molecule has 9 atom stereocenters. The average Bonchev–Trinajstić information content (AvgIpc) is 3.54. The van der Waals surface area contributed by atoms with Gasteiger partial charge in [0.05, 0.1) is 6.10 Å². The van der Waals surface area contributed by atoms with Gasteiger partial charge in [0.15, 0.2) is 17.6 Å². The highest BCUT2D eigenvalue weighted by Gasteiger charge is 2.82. The first-order chi connectivity index (χ1) is 17.0. The van der Waals surface area contributed by atoms with Gasteiger partial charge in [0, 0.05) is 18.4 Å². The van der Waals surface area contributed by atoms with Crippen LogP contribution in [0.15, 0.2) is 35.1 Å². The number of oxazole rings is 1. The SMILES string of the molecule is CN(C)[C@H]1C[C@@]23CC[C@]4(O2)C2CC=C(c5ccc6ncoc6c5)[C@@]2(C)CCC4(F)CC3(F)[C@@H](O)[C@@H]1O. The summed E-state index contributed by atoms with van der Waals surface area (Å²) in [5, 5.41) is 21.8. The van der Waals surface area contributed by atoms with E-state index in [9.17, 15) is 10.2 Å². The highest BCUT2D eigenvalue weighted by atomic mass is 19.2. The predicted octanol–water partition coefficient (Wildman–Crippen LogP) is 4.20. The number of hydrogen-bond acceptors (Lipinski definition) is 6. The van der Waals surface area contributed by atoms with Gasteiger partial charge in [0.2, 0.25) is 0 Å². The maximum absolute atomic E-state index is 17.2. The van der Waals surface area contributed by atoms with Crippen molar-refractivity contribution in [2.45, 2.75) is 92.7 Å². The Labute approximate surface area is 209 Å². The number of benzene rings is 1. The maximum Gasteiger partial charge on any atom is 0.181 e. The molecule has 194 valence electrons. The molecule has 6 nitrogen and oxygen atoms in total. The fraction of sp³-hybridized carbons (Fsp3) is 0.679. The normalized spacial score (nSPS) is 49.6. The number of ether oxygens (including phenoxy) is 1. The van der Waals surface area contributed by atoms with Crippen LogP contribution < -0.4 is 0 Å². The number of allylic oxidation sites excluding steroid dienone is 2. The van der Waals surface area contributed by atoms with Crippen molar-refractivity contribution in [1.29, 1.82) is 0 Å². The number of alkyl halides is 2. The summed E-state index contributed by atoms with van der Waals surface area (Å²) in [7, 11) is 3.62. The zero-order valence-electron chi connectivity index (χ0n) is 21.0. The molecule has 5 aliphatic rings. The predicted molar refractivity (Wildman–Crippen MR) is 130 cm³/mol. The van der Waals surface area contributed by atoms with Crippen LogP contribution in [0.4, 0.5) is 8.78 Å². The number of aliphatic hydroxyl groups excluding tert-OH is 2. The molecule has 3 aliphatic carbocycles. The summed E-state index contributed by atoms with van der Waals surface area (Å²) in [5.74, 6) is -0.144. The van der Waals surface area contributed by atoms with Crippen molar-refractivity contribution in [2.75, 3.05) is 14.1 Å². The molecule has 2 saturated carbocycles. The molecule has 2 aliphatic heterocycles. The Morgan fingerprint density at radius 3 is 2.69 bits per heavy atom. The Hall–Kier alpha value is -1.87. The van der Waals surface area contributed by atoms with Crippen LogP contribution in [0.25, 0.3) is 16.7 Å². The van der Waals surface area contributed by atoms with E-state index >= 15 is 8.78 Å². The van der Waals surface area contributed by atoms with Crippen LogP contribution in [0, 0.1) is 11.3 Å². The molecule has 0 amide bonds. The standard InChI is InChI=1S/C28H34F2N2O4/c1-24-8-9-25(29)14-27(30)23(34)22(33)19(32(2)3)13-26(27)10-11-28(25,36-26)21(24)7-5-17(24)16-4-6-18-20(12-16)35-15-31-18/h4-6,12,15,19,21-23,33-34H,7-11,13-14H2,1-3H3/t19-,21?,22+,23-,24+,25?,26+,27?,28-/m0/s1. The van der Waals surface area contributed by atoms with E-state index in [1.54, 1.807) is 0 Å². The summed E-state index contributed by atoms with van der Waals surface area (Å²) >= 11 is 0. The summed E-state index contributed by atoms with van der Waals surface area (Å²) in [5.41, 5.74) is -3.28. The van der Waals surface area contributed by atoms with Crippen molar-refractivity contribution in [3.63, 3.8) is 0 Å². The molecule has 1 aromatic carbocycles. The number of aromatic nitrogens is 1. The van der Waals surface area contributed by atoms with Crippen LogP contribution in [-0.4, -0.2) is 75.0 Å². The van der Waals surface area contributed by atoms with Crippen LogP contribution in [0.2, 0.25) is 0 Å². The summed E-state index contributed by atoms with van der Waals surface area (Å²) in [6.07, 6.45) is 2.59. The quantitative estimate of drug-likeness (QED) is 0.644. The van der Waals surface area contributed by atoms with Crippen molar-refractivity contribution < 1.29 is 28.1 Å². The van der Waals surface area contributed by atoms with E-state index in [0.717, 1.165) is 22.2 Å². The molecule has 3 heterocycles. The van der Waals surface area contributed by atoms with Gasteiger partial charge in [-0.05, 0) is 81.3 Å². The second-order valence-corrected chi connectivity index (χ2v) is 12.5. The van der Waals surface area contributed by atoms with Crippen molar-refractivity contribution >= 4 is 16.7 Å². The molecule has 36 heavy (non-hydrogen) atoms. The first kappa shape index (κ1) is 23.3. The third kappa shape index (κ3) is 2.52. The van der Waals surface area contributed by atoms with Gasteiger partial charge < -0.3 is 24.3 Å². The summed E-state index contributed by atoms with van der Waals surface area (Å²) < 4.78 is 46.4. The van der Waals surface area contributed by atoms with Crippen LogP contribution in [0.1, 0.15) is 57.4 Å². The van der Waals surface area contributed by atoms with E-state index in [0.29, 0.717) is 25.7 Å². The first-order valence-corrected chi connectivity index (χ1v) is 13.1. The van der Waals surface area contributed by atoms with Crippen LogP contribution >= 0.6 is 0 Å². The van der Waals surface area contributed by atoms with Gasteiger partial charge in [-0.25, -0.2) is 13.8 Å². The summed E-state index contributed by atoms with van der Waals surface area (Å²) in [4.78, 5) is 6.03. The van der Waals surface area contributed by atoms with E-state index in [1.165, 1.54) is 6.39 Å². The van der Waals surface area contributed by atoms with Crippen LogP contribution in [0.5, 0.6) is 0 Å². The highest BCUT2D eigenvalue weighted by Crippen LogP contribution is 2.74. The fourth-order valence-corrected chi connectivity index (χ4v) is 9.00. The minimum atomic E-state index is -2.33. The highest BCUT2D eigenvalue weighted by molar-refractivity contribution is 5.81. The molecule has 1 aromatic heterocycles. The van der Waals surface area contributed by atoms with Crippen molar-refractivity contribution in [1.82, 2.24) is 9.88 Å². The second-order valence-electron chi connectivity index (χ2n) is 12.5. The topological polar surface area (TPSA) is 79.0 Å². The average molecular weight is 501 g/mol. The Kier molecular flexibility index (Phi) is 4.49. The number of halogens is 2. The minimum Gasteiger partial charge on any atom is -0.443 e. The number of rotatable bonds is 2. The molecule has 3 unspecified atom stereocenters. The zero-order chi connectivity index (χ0) is 25.3. The number of likely N-dealkylation sites (N-methyl/N-ethyl adjacent to an activating group) is 1. The molecule has 0 radical (unpaired) electrons. The number of hydrogen-bond donors (Lipinski definition) is 2. The van der Waals surface area contributed by atoms with E-state index in [1.807, 2.05) is 37.2 Å². The Bertz CT molecular complexity index is 1280. The maximum atomic E-state index is 17.2. The Morgan fingerprint density at radius 1 is 1.11 bits per heavy atom. The lowest BCUT2D eigenvalue weighted by atomic mass is 9.51. The first-order valence-electron chi connectivity index (χ1n) is 13.1. The van der Waals surface area contributed by atoms with E-state index in [4.69, 9.17) is 9.15 Å². The van der Waals surface area contributed by atoms with Crippen molar-refractivity contribution in [2.24, 2.45) is 11.3 Å². The second kappa shape index (κ2) is 6.95. The van der Waals surface area contributed by atoms with Gasteiger partial charge in [-0.2, -0.15) is 0 Å². The van der Waals surface area contributed by atoms with Crippen molar-refractivity contribution in [3.05, 3.63) is 36.2 Å². The van der Waals surface area contributed by atoms with E-state index < -0.39 is 47.2 Å². The molecular weight excluding hydrogens is 466 g/mol. The smallest absolute Gasteiger partial charge is 0.181 e. The van der Waals surface area contributed by atoms with Gasteiger partial charge in [-0.15, -0.1) is 0 Å². The van der Waals surface area contributed by atoms with E-state index in [2.05, 4.69) is 18.0 Å². The van der Waals surface area contributed by atoms with Crippen LogP contribution in [0.3, 0.4) is 0 Å². The zero-order valence-corrected chi connectivity index (χ0v) is 21.0. The molecule has 8 heteroatoms. The fourth-order valence-electron chi connectivity index (χ4n) is 9.00. The molecule has 2 spiro atoms. The minimum absolute atomic E-state index is 0.144. The molecule has 2 bridgehead atoms. The summed E-state index contributed by atoms with van der Waals surface area (Å²) in [6, 6.07) is 5.53. The molecule has 4 fully saturated rings. The monoisotopic (exact) mass is 500 g/mol. The molecule has 7 rings (SSSR count). The Balaban J connectivity index is 1.30. The van der Waals surface area contributed by atoms with Gasteiger partial charge in [-0.1, -0.05) is 19.1 Å². The summed E-state index contributed by atoms with van der Waals surface area (Å²) in [6.45, 7) is 2.20. The molecule has 2 N–H and O–H groups in total. The number of aliphatic hydroxyl groups is 2. The lowest BCUT2D eigenvalue weighted by Crippen LogP contribution is -2.78. The molecular formula is C28H34F2N2O4.